The fraction of sp³-hybridized carbons (Fsp3) is 0.846. The van der Waals surface area contributed by atoms with E-state index in [0.717, 1.165) is 69.8 Å². The summed E-state index contributed by atoms with van der Waals surface area (Å²) in [6.45, 7) is 26.3. The third-order valence-corrected chi connectivity index (χ3v) is 29.1. The van der Waals surface area contributed by atoms with Gasteiger partial charge in [0.15, 0.2) is 5.57 Å². The summed E-state index contributed by atoms with van der Waals surface area (Å²) in [6.07, 6.45) is 141. The minimum Gasteiger partial charge on any atom is -0.348 e. The van der Waals surface area contributed by atoms with Gasteiger partial charge in [0, 0.05) is 6.42 Å². The van der Waals surface area contributed by atoms with Gasteiger partial charge in [-0.15, -0.1) is 4.79 Å². The van der Waals surface area contributed by atoms with E-state index in [2.05, 4.69) is 128 Å². The Morgan fingerprint density at radius 2 is 0.391 bits per heavy atom. The van der Waals surface area contributed by atoms with Crippen molar-refractivity contribution in [2.45, 2.75) is 710 Å². The summed E-state index contributed by atoms with van der Waals surface area (Å²) in [5.74, 6) is 10.4. The molecule has 0 spiro atoms. The quantitative estimate of drug-likeness (QED) is 0.00925. The number of benzene rings is 2. The molecule has 2 rings (SSSR count). The fourth-order valence-corrected chi connectivity index (χ4v) is 20.2. The predicted octanol–water partition coefficient (Wildman–Crippen LogP) is 46.5. The summed E-state index contributed by atoms with van der Waals surface area (Å²) < 4.78 is 0. The first-order valence-corrected chi connectivity index (χ1v) is 61.4. The molecule has 0 amide bonds. The van der Waals surface area contributed by atoms with Crippen LogP contribution >= 0.6 is 0 Å². The molecule has 0 heterocycles. The maximum absolute atomic E-state index is 10.4. The van der Waals surface area contributed by atoms with Gasteiger partial charge < -0.3 is 19.4 Å². The molecule has 0 unspecified atom stereocenters. The summed E-state index contributed by atoms with van der Waals surface area (Å²) in [7, 11) is 0. The van der Waals surface area contributed by atoms with Gasteiger partial charge in [-0.05, 0) is 115 Å². The van der Waals surface area contributed by atoms with Gasteiger partial charge >= 0.3 is 22.4 Å². The molecule has 133 heavy (non-hydrogen) atoms. The van der Waals surface area contributed by atoms with Gasteiger partial charge in [0.1, 0.15) is 0 Å². The van der Waals surface area contributed by atoms with Crippen molar-refractivity contribution in [3.8, 4) is 11.8 Å². The predicted molar refractivity (Wildman–Crippen MR) is 602 cm³/mol. The number of allylic oxidation sites excluding steroid dienone is 2. The molecule has 0 bridgehead atoms. The average Bonchev–Trinajstić information content (AvgIpc) is 0.784. The van der Waals surface area contributed by atoms with E-state index in [4.69, 9.17) is 0 Å². The molecule has 0 fully saturated rings. The first-order chi connectivity index (χ1) is 65.4. The van der Waals surface area contributed by atoms with Gasteiger partial charge in [-0.3, -0.25) is 0 Å². The second-order valence-electron chi connectivity index (χ2n) is 42.4. The number of unbranched alkanes of at least 4 members (excludes halogenated alkanes) is 89. The monoisotopic (exact) mass is 1890 g/mol. The van der Waals surface area contributed by atoms with Crippen LogP contribution in [0.1, 0.15) is 718 Å². The maximum Gasteiger partial charge on any atom is 2.00 e. The molecule has 778 valence electrons. The molecule has 0 radical (unpaired) electrons. The summed E-state index contributed by atoms with van der Waals surface area (Å²) in [6, 6.07) is 15.2. The first kappa shape index (κ1) is 132. The number of nitrogens with zero attached hydrogens (tertiary/aromatic N) is 2. The summed E-state index contributed by atoms with van der Waals surface area (Å²) in [5.41, 5.74) is 22.2. The number of aryl methyl sites for hydroxylation is 4. The second kappa shape index (κ2) is 115. The molecule has 2 aromatic carbocycles. The Morgan fingerprint density at radius 3 is 0.586 bits per heavy atom. The Morgan fingerprint density at radius 1 is 0.218 bits per heavy atom. The zero-order valence-electron chi connectivity index (χ0n) is 92.2. The van der Waals surface area contributed by atoms with Crippen LogP contribution in [0.15, 0.2) is 47.5 Å². The Hall–Kier alpha value is -2.61. The van der Waals surface area contributed by atoms with E-state index < -0.39 is 0 Å². The normalized spacial score (nSPS) is 11.4. The molecule has 0 N–H and O–H groups in total. The zero-order valence-corrected chi connectivity index (χ0v) is 93.2. The molecule has 2 nitrogen and oxygen atoms in total. The van der Waals surface area contributed by atoms with Crippen LogP contribution in [0.2, 0.25) is 0 Å². The van der Waals surface area contributed by atoms with Crippen LogP contribution in [0.4, 0.5) is 0 Å². The van der Waals surface area contributed by atoms with E-state index in [1.165, 1.54) is 635 Å². The molecular formula is C130H238N2Ni. The van der Waals surface area contributed by atoms with Crippen LogP contribution in [-0.4, -0.2) is 10.7 Å². The van der Waals surface area contributed by atoms with E-state index in [1.807, 2.05) is 0 Å². The second-order valence-corrected chi connectivity index (χ2v) is 42.4. The van der Waals surface area contributed by atoms with Crippen molar-refractivity contribution in [1.29, 1.82) is 0 Å². The van der Waals surface area contributed by atoms with Crippen LogP contribution in [0, 0.1) is 25.7 Å². The van der Waals surface area contributed by atoms with Crippen LogP contribution in [0.25, 0.3) is 11.1 Å². The molecule has 3 heteroatoms. The molecule has 0 aliphatic carbocycles. The Labute approximate surface area is 849 Å². The third kappa shape index (κ3) is 95.4. The third-order valence-electron chi connectivity index (χ3n) is 29.1. The SMILES string of the molecule is CCCCCCCCCCCCCCCCCCCCCCC#CC(=C=[N+]=[N-])C(CCCCCCCC)=C(c1cc(CCCC)cc(CCCC)c1)c1cc(CCCCCCCC)cc(CCCCCCCC)c1.[CH2-]CCCCCCCCCCCCCCCCCCCCCCCCCCCC.[CH2-]CCCCCCCCCCCCCCCCCCCCCCCCCCCC.[Ni+2]. The molecule has 0 aliphatic rings. The zero-order chi connectivity index (χ0) is 95.4. The van der Waals surface area contributed by atoms with E-state index in [-0.39, 0.29) is 16.5 Å². The standard InChI is InChI=1S/C72H120N2.2C29H59.Ni/c1-7-13-19-23-27-28-29-30-31-32-33-34-35-36-37-38-39-40-41-42-45-49-55-68(63-74-73)71(56-50-46-26-22-16-10-4)72(69-59-64(51-17-11-5)57-65(60-69)52-18-12-6)70-61-66(53-47-43-24-20-14-8-2)58-67(62-70)54-48-44-25-21-15-9-3;2*1-3-5-7-9-11-13-15-17-19-21-23-25-27-29-28-26-24-22-20-18-16-14-12-10-8-6-4-2;/h57-62H,7-48,50-54,56H2,1-6H3;2*1,3-29H2,2H3;/q;2*-1;+2. The van der Waals surface area contributed by atoms with Crippen molar-refractivity contribution >= 4 is 11.4 Å². The van der Waals surface area contributed by atoms with E-state index in [1.54, 1.807) is 0 Å². The van der Waals surface area contributed by atoms with Crippen molar-refractivity contribution in [3.63, 3.8) is 0 Å². The minimum atomic E-state index is 0. The van der Waals surface area contributed by atoms with Crippen molar-refractivity contribution in [1.82, 2.24) is 0 Å². The number of rotatable bonds is 102. The van der Waals surface area contributed by atoms with Crippen LogP contribution in [0.5, 0.6) is 0 Å². The van der Waals surface area contributed by atoms with E-state index in [9.17, 15) is 5.53 Å². The van der Waals surface area contributed by atoms with Gasteiger partial charge in [0.05, 0.1) is 0 Å². The van der Waals surface area contributed by atoms with Crippen molar-refractivity contribution in [2.24, 2.45) is 0 Å². The van der Waals surface area contributed by atoms with Gasteiger partial charge in [-0.1, -0.05) is 669 Å². The summed E-state index contributed by atoms with van der Waals surface area (Å²) in [5, 5.41) is 0. The summed E-state index contributed by atoms with van der Waals surface area (Å²) in [4.78, 5) is 3.67. The van der Waals surface area contributed by atoms with E-state index >= 15 is 0 Å². The number of hydrogen-bond donors (Lipinski definition) is 0. The van der Waals surface area contributed by atoms with Gasteiger partial charge in [0.2, 0.25) is 0 Å². The Kier molecular flexibility index (Phi) is 114. The van der Waals surface area contributed by atoms with Gasteiger partial charge in [-0.25, -0.2) is 0 Å². The molecule has 0 aromatic heterocycles. The van der Waals surface area contributed by atoms with Crippen LogP contribution in [-0.2, 0) is 42.2 Å². The molecular weight excluding hydrogens is 1650 g/mol. The Balaban J connectivity index is 0. The van der Waals surface area contributed by atoms with Gasteiger partial charge in [0.25, 0.3) is 0 Å². The minimum absolute atomic E-state index is 0. The van der Waals surface area contributed by atoms with Crippen LogP contribution < -0.4 is 0 Å². The number of hydrogen-bond acceptors (Lipinski definition) is 0. The molecule has 0 saturated heterocycles. The average molecular weight is 1890 g/mol. The van der Waals surface area contributed by atoms with E-state index in [0.29, 0.717) is 0 Å². The van der Waals surface area contributed by atoms with Crippen LogP contribution in [0.3, 0.4) is 0 Å². The summed E-state index contributed by atoms with van der Waals surface area (Å²) >= 11 is 0. The maximum atomic E-state index is 10.4. The smallest absolute Gasteiger partial charge is 0.348 e. The molecule has 2 aromatic rings. The topological polar surface area (TPSA) is 36.4 Å². The molecule has 0 saturated carbocycles. The molecule has 0 atom stereocenters. The van der Waals surface area contributed by atoms with Gasteiger partial charge in [-0.2, -0.15) is 12.8 Å². The van der Waals surface area contributed by atoms with Crippen molar-refractivity contribution in [2.75, 3.05) is 0 Å². The Bertz CT molecular complexity index is 2610. The van der Waals surface area contributed by atoms with Crippen molar-refractivity contribution in [3.05, 3.63) is 100 Å². The van der Waals surface area contributed by atoms with Crippen molar-refractivity contribution < 1.29 is 21.3 Å². The molecule has 0 aliphatic heterocycles. The fourth-order valence-electron chi connectivity index (χ4n) is 20.2. The first-order valence-electron chi connectivity index (χ1n) is 61.4. The largest absolute Gasteiger partial charge is 2.00 e.